The van der Waals surface area contributed by atoms with Crippen molar-refractivity contribution in [1.82, 2.24) is 4.57 Å². The van der Waals surface area contributed by atoms with E-state index in [0.717, 1.165) is 22.9 Å². The van der Waals surface area contributed by atoms with Crippen molar-refractivity contribution < 1.29 is 4.57 Å². The molecule has 0 saturated heterocycles. The van der Waals surface area contributed by atoms with Gasteiger partial charge in [0.15, 0.2) is 6.20 Å². The van der Waals surface area contributed by atoms with Gasteiger partial charge < -0.3 is 5.73 Å². The van der Waals surface area contributed by atoms with Crippen LogP contribution in [0.5, 0.6) is 0 Å². The van der Waals surface area contributed by atoms with Crippen molar-refractivity contribution in [3.63, 3.8) is 0 Å². The normalized spacial score (nSPS) is 10.6. The second-order valence-corrected chi connectivity index (χ2v) is 4.53. The molecule has 19 heavy (non-hydrogen) atoms. The Morgan fingerprint density at radius 2 is 1.47 bits per heavy atom. The summed E-state index contributed by atoms with van der Waals surface area (Å²) in [6.45, 7) is 0. The summed E-state index contributed by atoms with van der Waals surface area (Å²) in [4.78, 5) is 0. The summed E-state index contributed by atoms with van der Waals surface area (Å²) < 4.78 is 4.12. The summed E-state index contributed by atoms with van der Waals surface area (Å²) in [6, 6.07) is 20.4. The van der Waals surface area contributed by atoms with E-state index in [-0.39, 0.29) is 0 Å². The number of hydrogen-bond donors (Lipinski definition) is 1. The Bertz CT molecular complexity index is 625. The van der Waals surface area contributed by atoms with Crippen LogP contribution >= 0.6 is 0 Å². The summed E-state index contributed by atoms with van der Waals surface area (Å²) in [5.41, 5.74) is 8.37. The first-order valence-electron chi connectivity index (χ1n) is 6.25. The molecule has 3 heteroatoms. The number of hydrogen-bond acceptors (Lipinski definition) is 1. The van der Waals surface area contributed by atoms with Gasteiger partial charge in [0.1, 0.15) is 5.69 Å². The highest BCUT2D eigenvalue weighted by molar-refractivity contribution is 5.59. The maximum absolute atomic E-state index is 6.15. The molecule has 3 nitrogen and oxygen atoms in total. The minimum atomic E-state index is 0.729. The lowest BCUT2D eigenvalue weighted by Crippen LogP contribution is -2.28. The fourth-order valence-corrected chi connectivity index (χ4v) is 2.37. The van der Waals surface area contributed by atoms with E-state index in [4.69, 9.17) is 5.73 Å². The van der Waals surface area contributed by atoms with Crippen LogP contribution in [0, 0.1) is 0 Å². The Hall–Kier alpha value is -2.55. The zero-order valence-electron chi connectivity index (χ0n) is 10.8. The van der Waals surface area contributed by atoms with Crippen molar-refractivity contribution in [2.45, 2.75) is 0 Å². The van der Waals surface area contributed by atoms with Crippen molar-refractivity contribution in [2.75, 3.05) is 5.73 Å². The van der Waals surface area contributed by atoms with Crippen LogP contribution < -0.4 is 10.3 Å². The molecule has 0 aliphatic heterocycles. The lowest BCUT2D eigenvalue weighted by Gasteiger charge is -2.03. The number of para-hydroxylation sites is 1. The monoisotopic (exact) mass is 250 g/mol. The molecular weight excluding hydrogens is 234 g/mol. The first kappa shape index (κ1) is 11.5. The number of anilines is 1. The summed E-state index contributed by atoms with van der Waals surface area (Å²) in [6.07, 6.45) is 1.94. The molecule has 0 aliphatic rings. The number of nitrogen functional groups attached to an aromatic ring is 1. The van der Waals surface area contributed by atoms with Crippen molar-refractivity contribution in [1.29, 1.82) is 0 Å². The largest absolute Gasteiger partial charge is 0.363 e. The average Bonchev–Trinajstić information content (AvgIpc) is 2.75. The first-order valence-corrected chi connectivity index (χ1v) is 6.25. The van der Waals surface area contributed by atoms with Crippen molar-refractivity contribution in [2.24, 2.45) is 7.05 Å². The van der Waals surface area contributed by atoms with Crippen LogP contribution in [0.4, 0.5) is 5.82 Å². The van der Waals surface area contributed by atoms with Crippen LogP contribution in [0.15, 0.2) is 66.9 Å². The van der Waals surface area contributed by atoms with Crippen LogP contribution in [0.2, 0.25) is 0 Å². The molecule has 0 unspecified atom stereocenters. The standard InChI is InChI=1S/C16H16N3/c1-18-12-15(17)19(14-10-6-3-7-11-14)16(18)13-8-4-2-5-9-13/h2-12H,17H2,1H3/q+1. The molecule has 3 rings (SSSR count). The molecule has 0 amide bonds. The molecule has 0 saturated carbocycles. The van der Waals surface area contributed by atoms with Gasteiger partial charge in [-0.3, -0.25) is 0 Å². The summed E-state index contributed by atoms with van der Waals surface area (Å²) >= 11 is 0. The van der Waals surface area contributed by atoms with Crippen molar-refractivity contribution in [3.05, 3.63) is 66.9 Å². The van der Waals surface area contributed by atoms with Crippen LogP contribution in [0.3, 0.4) is 0 Å². The van der Waals surface area contributed by atoms with Crippen LogP contribution in [-0.4, -0.2) is 4.57 Å². The molecule has 0 aliphatic carbocycles. The summed E-state index contributed by atoms with van der Waals surface area (Å²) in [5.74, 6) is 1.80. The summed E-state index contributed by atoms with van der Waals surface area (Å²) in [5, 5.41) is 0. The number of nitrogens with zero attached hydrogens (tertiary/aromatic N) is 2. The molecule has 2 aromatic carbocycles. The first-order chi connectivity index (χ1) is 9.27. The SMILES string of the molecule is C[n+]1cc(N)n(-c2ccccc2)c1-c1ccccc1. The second-order valence-electron chi connectivity index (χ2n) is 4.53. The topological polar surface area (TPSA) is 34.8 Å². The highest BCUT2D eigenvalue weighted by atomic mass is 15.2. The molecular formula is C16H16N3+. The van der Waals surface area contributed by atoms with Crippen molar-refractivity contribution >= 4 is 5.82 Å². The Balaban J connectivity index is 2.26. The number of benzene rings is 2. The van der Waals surface area contributed by atoms with Gasteiger partial charge in [0.05, 0.1) is 12.6 Å². The Morgan fingerprint density at radius 3 is 2.11 bits per heavy atom. The van der Waals surface area contributed by atoms with E-state index in [1.54, 1.807) is 0 Å². The molecule has 1 aromatic heterocycles. The van der Waals surface area contributed by atoms with Gasteiger partial charge in [-0.2, -0.15) is 4.57 Å². The number of aromatic nitrogens is 2. The maximum atomic E-state index is 6.15. The number of nitrogens with two attached hydrogens (primary N) is 1. The third-order valence-electron chi connectivity index (χ3n) is 3.18. The van der Waals surface area contributed by atoms with Gasteiger partial charge in [-0.1, -0.05) is 36.4 Å². The lowest BCUT2D eigenvalue weighted by molar-refractivity contribution is -0.659. The van der Waals surface area contributed by atoms with Crippen molar-refractivity contribution in [3.8, 4) is 17.1 Å². The van der Waals surface area contributed by atoms with Crippen LogP contribution in [0.25, 0.3) is 17.1 Å². The average molecular weight is 250 g/mol. The quantitative estimate of drug-likeness (QED) is 0.697. The van der Waals surface area contributed by atoms with E-state index in [0.29, 0.717) is 0 Å². The molecule has 3 aromatic rings. The fraction of sp³-hybridized carbons (Fsp3) is 0.0625. The number of aryl methyl sites for hydroxylation is 1. The minimum absolute atomic E-state index is 0.729. The van der Waals surface area contributed by atoms with Crippen LogP contribution in [0.1, 0.15) is 0 Å². The van der Waals surface area contributed by atoms with Crippen LogP contribution in [-0.2, 0) is 7.05 Å². The van der Waals surface area contributed by atoms with Gasteiger partial charge in [-0.15, -0.1) is 0 Å². The number of imidazole rings is 1. The van der Waals surface area contributed by atoms with E-state index >= 15 is 0 Å². The van der Waals surface area contributed by atoms with Gasteiger partial charge in [-0.05, 0) is 24.3 Å². The number of rotatable bonds is 2. The molecule has 0 fully saturated rings. The molecule has 94 valence electrons. The Labute approximate surface area is 112 Å². The van der Waals surface area contributed by atoms with Gasteiger partial charge >= 0.3 is 0 Å². The highest BCUT2D eigenvalue weighted by Gasteiger charge is 2.22. The van der Waals surface area contributed by atoms with Gasteiger partial charge in [0.25, 0.3) is 5.82 Å². The molecule has 0 bridgehead atoms. The van der Waals surface area contributed by atoms with E-state index in [9.17, 15) is 0 Å². The zero-order valence-corrected chi connectivity index (χ0v) is 10.8. The maximum Gasteiger partial charge on any atom is 0.295 e. The highest BCUT2D eigenvalue weighted by Crippen LogP contribution is 2.23. The molecule has 0 radical (unpaired) electrons. The van der Waals surface area contributed by atoms with Gasteiger partial charge in [0.2, 0.25) is 5.82 Å². The fourth-order valence-electron chi connectivity index (χ4n) is 2.37. The third kappa shape index (κ3) is 1.99. The van der Waals surface area contributed by atoms with Gasteiger partial charge in [0, 0.05) is 0 Å². The second kappa shape index (κ2) is 4.61. The zero-order chi connectivity index (χ0) is 13.2. The third-order valence-corrected chi connectivity index (χ3v) is 3.18. The Kier molecular flexibility index (Phi) is 2.80. The van der Waals surface area contributed by atoms with E-state index < -0.39 is 0 Å². The smallest absolute Gasteiger partial charge is 0.295 e. The predicted octanol–water partition coefficient (Wildman–Crippen LogP) is 2.55. The molecule has 0 spiro atoms. The molecule has 1 heterocycles. The summed E-state index contributed by atoms with van der Waals surface area (Å²) in [7, 11) is 2.01. The Morgan fingerprint density at radius 1 is 0.895 bits per heavy atom. The lowest BCUT2D eigenvalue weighted by atomic mass is 10.2. The van der Waals surface area contributed by atoms with E-state index in [1.807, 2.05) is 49.6 Å². The predicted molar refractivity (Wildman–Crippen MR) is 76.8 cm³/mol. The minimum Gasteiger partial charge on any atom is -0.363 e. The molecule has 0 atom stereocenters. The van der Waals surface area contributed by atoms with E-state index in [1.165, 1.54) is 0 Å². The molecule has 2 N–H and O–H groups in total. The van der Waals surface area contributed by atoms with Gasteiger partial charge in [-0.25, -0.2) is 4.57 Å². The van der Waals surface area contributed by atoms with E-state index in [2.05, 4.69) is 33.4 Å².